The number of Topliss-reactive ketones (excluding diaryl/α,β-unsaturated/α-hetero) is 3. The van der Waals surface area contributed by atoms with Crippen molar-refractivity contribution in [3.8, 4) is 17.2 Å². The van der Waals surface area contributed by atoms with Crippen LogP contribution < -0.4 is 9.47 Å². The topological polar surface area (TPSA) is 99.1 Å². The number of hydrogen-bond donors (Lipinski definition) is 1. The average molecular weight is 643 g/mol. The van der Waals surface area contributed by atoms with Crippen LogP contribution in [-0.2, 0) is 27.2 Å². The zero-order chi connectivity index (χ0) is 34.6. The van der Waals surface area contributed by atoms with Crippen molar-refractivity contribution in [2.45, 2.75) is 118 Å². The van der Waals surface area contributed by atoms with Gasteiger partial charge in [-0.2, -0.15) is 0 Å². The molecule has 0 aromatic heterocycles. The monoisotopic (exact) mass is 642 g/mol. The number of methoxy groups -OCH3 is 1. The Morgan fingerprint density at radius 3 is 2.26 bits per heavy atom. The van der Waals surface area contributed by atoms with Crippen LogP contribution in [0.3, 0.4) is 0 Å². The molecule has 0 amide bonds. The lowest BCUT2D eigenvalue weighted by Gasteiger charge is -2.56. The normalized spacial score (nSPS) is 27.1. The highest BCUT2D eigenvalue weighted by molar-refractivity contribution is 6.18. The second-order valence-electron chi connectivity index (χ2n) is 14.8. The lowest BCUT2D eigenvalue weighted by molar-refractivity contribution is -0.171. The number of ketones is 3. The Balaban J connectivity index is 1.74. The molecule has 1 saturated carbocycles. The Labute approximate surface area is 279 Å². The fraction of sp³-hybridized carbons (Fsp3) is 0.525. The van der Waals surface area contributed by atoms with Crippen molar-refractivity contribution in [3.63, 3.8) is 0 Å². The number of rotatable bonds is 11. The van der Waals surface area contributed by atoms with Crippen LogP contribution in [-0.4, -0.2) is 46.4 Å². The average Bonchev–Trinajstić information content (AvgIpc) is 3.15. The van der Waals surface area contributed by atoms with E-state index in [0.717, 1.165) is 18.4 Å². The van der Waals surface area contributed by atoms with Crippen molar-refractivity contribution in [3.05, 3.63) is 74.9 Å². The summed E-state index contributed by atoms with van der Waals surface area (Å²) in [4.78, 5) is 41.5. The Morgan fingerprint density at radius 1 is 0.979 bits per heavy atom. The van der Waals surface area contributed by atoms with Gasteiger partial charge >= 0.3 is 0 Å². The van der Waals surface area contributed by atoms with Crippen LogP contribution in [0.4, 0.5) is 0 Å². The van der Waals surface area contributed by atoms with E-state index in [2.05, 4.69) is 32.9 Å². The fourth-order valence-electron chi connectivity index (χ4n) is 8.07. The maximum atomic E-state index is 15.0. The molecule has 4 bridgehead atoms. The number of fused-ring (bicyclic) bond motifs is 1. The number of phenols is 1. The Hall–Kier alpha value is -3.71. The molecule has 252 valence electrons. The minimum absolute atomic E-state index is 0.0211. The molecule has 2 heterocycles. The third-order valence-corrected chi connectivity index (χ3v) is 10.6. The van der Waals surface area contributed by atoms with Crippen LogP contribution >= 0.6 is 0 Å². The Morgan fingerprint density at radius 2 is 1.64 bits per heavy atom. The highest BCUT2D eigenvalue weighted by Gasteiger charge is 2.81. The van der Waals surface area contributed by atoms with E-state index in [1.54, 1.807) is 19.1 Å². The lowest BCUT2D eigenvalue weighted by Crippen LogP contribution is -2.72. The summed E-state index contributed by atoms with van der Waals surface area (Å²) in [5.41, 5.74) is 1.95. The summed E-state index contributed by atoms with van der Waals surface area (Å²) in [6.07, 6.45) is 12.9. The van der Waals surface area contributed by atoms with Gasteiger partial charge in [-0.05, 0) is 100.0 Å². The van der Waals surface area contributed by atoms with Gasteiger partial charge in [-0.3, -0.25) is 14.4 Å². The van der Waals surface area contributed by atoms with Gasteiger partial charge in [-0.15, -0.1) is 0 Å². The number of benzene rings is 1. The van der Waals surface area contributed by atoms with Gasteiger partial charge in [0.1, 0.15) is 22.8 Å². The molecule has 6 rings (SSSR count). The molecule has 47 heavy (non-hydrogen) atoms. The van der Waals surface area contributed by atoms with E-state index in [1.165, 1.54) is 25.2 Å². The number of phenolic OH excluding ortho intramolecular Hbond substituents is 1. The summed E-state index contributed by atoms with van der Waals surface area (Å²) in [6.45, 7) is 17.3. The van der Waals surface area contributed by atoms with Crippen LogP contribution in [0.15, 0.2) is 58.2 Å². The summed E-state index contributed by atoms with van der Waals surface area (Å²) in [7, 11) is 1.51. The number of hydrogen-bond acceptors (Lipinski definition) is 7. The van der Waals surface area contributed by atoms with Gasteiger partial charge in [0.15, 0.2) is 28.6 Å². The van der Waals surface area contributed by atoms with Crippen molar-refractivity contribution in [1.29, 1.82) is 0 Å². The summed E-state index contributed by atoms with van der Waals surface area (Å²) < 4.78 is 19.9. The predicted molar refractivity (Wildman–Crippen MR) is 183 cm³/mol. The maximum Gasteiger partial charge on any atom is 0.200 e. The first kappa shape index (κ1) is 34.6. The van der Waals surface area contributed by atoms with E-state index in [9.17, 15) is 19.5 Å². The molecule has 1 spiro atoms. The molecule has 1 aromatic carbocycles. The van der Waals surface area contributed by atoms with Crippen LogP contribution in [0.2, 0.25) is 0 Å². The first-order valence-electron chi connectivity index (χ1n) is 16.8. The molecule has 7 heteroatoms. The first-order valence-corrected chi connectivity index (χ1v) is 16.8. The van der Waals surface area contributed by atoms with E-state index >= 15 is 0 Å². The third kappa shape index (κ3) is 5.44. The van der Waals surface area contributed by atoms with Crippen molar-refractivity contribution in [1.82, 2.24) is 0 Å². The van der Waals surface area contributed by atoms with Gasteiger partial charge in [0.2, 0.25) is 0 Å². The van der Waals surface area contributed by atoms with E-state index in [4.69, 9.17) is 14.2 Å². The van der Waals surface area contributed by atoms with Crippen LogP contribution in [0.25, 0.3) is 0 Å². The van der Waals surface area contributed by atoms with E-state index in [-0.39, 0.29) is 52.5 Å². The molecular formula is C40H50O7. The molecule has 0 unspecified atom stereocenters. The highest BCUT2D eigenvalue weighted by atomic mass is 16.6. The largest absolute Gasteiger partial charge is 0.507 e. The number of allylic oxidation sites excluding steroid dienone is 8. The van der Waals surface area contributed by atoms with Crippen LogP contribution in [0.5, 0.6) is 17.2 Å². The predicted octanol–water partition coefficient (Wildman–Crippen LogP) is 8.08. The second-order valence-corrected chi connectivity index (χ2v) is 14.8. The smallest absolute Gasteiger partial charge is 0.200 e. The summed E-state index contributed by atoms with van der Waals surface area (Å²) >= 11 is 0. The summed E-state index contributed by atoms with van der Waals surface area (Å²) in [6, 6.07) is 0. The summed E-state index contributed by atoms with van der Waals surface area (Å²) in [5.74, 6) is -0.804. The number of carbonyl (C=O) groups is 3. The second kappa shape index (κ2) is 12.4. The van der Waals surface area contributed by atoms with E-state index < -0.39 is 22.7 Å². The fourth-order valence-corrected chi connectivity index (χ4v) is 8.07. The third-order valence-electron chi connectivity index (χ3n) is 10.6. The standard InChI is InChI=1S/C40H50O7/c1-22(2)12-11-13-24(5)15-17-28-33(42)29(16-14-23(3)4)36-32(35(28)45-10)34(43)30-20-27-21-31-38(8,9)47-39(37(27)44,40(30,31)46-36)19-18-25(6)26(7)41/h12,14-15,18,20,27,31,42H,11,13,16-17,19,21H2,1-10H3/b24-15+,25-18+/t27-,31+,39+,40-/m1/s1. The van der Waals surface area contributed by atoms with Crippen LogP contribution in [0.1, 0.15) is 109 Å². The minimum Gasteiger partial charge on any atom is -0.507 e. The Kier molecular flexibility index (Phi) is 9.12. The van der Waals surface area contributed by atoms with Gasteiger partial charge in [-0.1, -0.05) is 47.1 Å². The molecule has 1 N–H and O–H groups in total. The van der Waals surface area contributed by atoms with Crippen molar-refractivity contribution < 1.29 is 33.7 Å². The van der Waals surface area contributed by atoms with Gasteiger partial charge in [0.05, 0.1) is 12.7 Å². The zero-order valence-corrected chi connectivity index (χ0v) is 29.7. The molecular weight excluding hydrogens is 592 g/mol. The first-order chi connectivity index (χ1) is 22.0. The van der Waals surface area contributed by atoms with Crippen molar-refractivity contribution in [2.75, 3.05) is 7.11 Å². The van der Waals surface area contributed by atoms with E-state index in [0.29, 0.717) is 41.5 Å². The van der Waals surface area contributed by atoms with Gasteiger partial charge < -0.3 is 19.3 Å². The van der Waals surface area contributed by atoms with E-state index in [1.807, 2.05) is 33.8 Å². The van der Waals surface area contributed by atoms with Gasteiger partial charge in [0.25, 0.3) is 0 Å². The molecule has 4 atom stereocenters. The zero-order valence-electron chi connectivity index (χ0n) is 29.7. The van der Waals surface area contributed by atoms with Crippen molar-refractivity contribution >= 4 is 17.3 Å². The lowest BCUT2D eigenvalue weighted by atomic mass is 9.51. The number of ether oxygens (including phenoxy) is 3. The molecule has 5 aliphatic rings. The highest BCUT2D eigenvalue weighted by Crippen LogP contribution is 2.68. The number of aromatic hydroxyl groups is 1. The molecule has 7 nitrogen and oxygen atoms in total. The quantitative estimate of drug-likeness (QED) is 0.192. The molecule has 1 aromatic rings. The molecule has 2 fully saturated rings. The molecule has 1 saturated heterocycles. The molecule has 0 radical (unpaired) electrons. The van der Waals surface area contributed by atoms with Crippen molar-refractivity contribution in [2.24, 2.45) is 11.8 Å². The molecule has 3 aliphatic carbocycles. The van der Waals surface area contributed by atoms with Gasteiger partial charge in [-0.25, -0.2) is 0 Å². The SMILES string of the molecule is COc1c(C/C=C(\C)CCC=C(C)C)c(O)c(CC=C(C)C)c2c1C(=O)C1=C[C@@H]3C[C@H]4C(C)(C)O[C@@](C/C=C(\C)C(C)=O)(C3=O)[C@@]14O2. The number of carbonyl (C=O) groups excluding carboxylic acids is 3. The minimum atomic E-state index is -1.52. The summed E-state index contributed by atoms with van der Waals surface area (Å²) in [5, 5.41) is 12.0. The van der Waals surface area contributed by atoms with Crippen LogP contribution in [0, 0.1) is 11.8 Å². The molecule has 2 aliphatic heterocycles. The van der Waals surface area contributed by atoms with Gasteiger partial charge in [0, 0.05) is 35.0 Å². The Bertz CT molecular complexity index is 1690. The maximum absolute atomic E-state index is 15.0.